The molecule has 0 bridgehead atoms. The van der Waals surface area contributed by atoms with Crippen LogP contribution < -0.4 is 0 Å². The number of nitrogens with zero attached hydrogens (tertiary/aromatic N) is 1. The van der Waals surface area contributed by atoms with Crippen LogP contribution in [0, 0.1) is 11.6 Å². The van der Waals surface area contributed by atoms with Crippen LogP contribution in [0.4, 0.5) is 8.78 Å². The number of rotatable bonds is 5. The molecular weight excluding hydrogens is 260 g/mol. The highest BCUT2D eigenvalue weighted by Crippen LogP contribution is 2.14. The minimum atomic E-state index is -0.837. The summed E-state index contributed by atoms with van der Waals surface area (Å²) in [6.07, 6.45) is 0.633. The fourth-order valence-corrected chi connectivity index (χ4v) is 1.76. The monoisotopic (exact) mass is 275 g/mol. The lowest BCUT2D eigenvalue weighted by atomic mass is 10.1. The van der Waals surface area contributed by atoms with E-state index in [1.807, 2.05) is 13.8 Å². The van der Waals surface area contributed by atoms with Gasteiger partial charge in [0.1, 0.15) is 11.6 Å². The molecule has 100 valence electrons. The van der Waals surface area contributed by atoms with E-state index in [2.05, 4.69) is 0 Å². The smallest absolute Gasteiger partial charge is 0.257 e. The number of benzene rings is 1. The lowest BCUT2D eigenvalue weighted by molar-refractivity contribution is 0.0701. The number of halogens is 3. The summed E-state index contributed by atoms with van der Waals surface area (Å²) in [7, 11) is 0. The Balaban J connectivity index is 2.94. The molecule has 5 heteroatoms. The number of amides is 1. The van der Waals surface area contributed by atoms with E-state index in [0.29, 0.717) is 24.9 Å². The minimum Gasteiger partial charge on any atom is -0.336 e. The number of alkyl halides is 1. The molecule has 0 saturated carbocycles. The Hall–Kier alpha value is -1.16. The second kappa shape index (κ2) is 6.69. The third-order valence-corrected chi connectivity index (χ3v) is 2.85. The molecule has 2 nitrogen and oxygen atoms in total. The summed E-state index contributed by atoms with van der Waals surface area (Å²) in [6.45, 7) is 4.14. The summed E-state index contributed by atoms with van der Waals surface area (Å²) in [5.74, 6) is -1.53. The van der Waals surface area contributed by atoms with Crippen molar-refractivity contribution < 1.29 is 13.6 Å². The predicted octanol–water partition coefficient (Wildman–Crippen LogP) is 3.44. The maximum absolute atomic E-state index is 13.5. The van der Waals surface area contributed by atoms with Gasteiger partial charge in [0.05, 0.1) is 5.56 Å². The molecule has 0 aliphatic heterocycles. The standard InChI is InChI=1S/C13H16ClF2NO/c1-9(2)17(7-3-6-14)13(18)11-5-4-10(15)8-12(11)16/h4-5,8-9H,3,6-7H2,1-2H3. The Morgan fingerprint density at radius 3 is 2.56 bits per heavy atom. The van der Waals surface area contributed by atoms with Gasteiger partial charge in [0.25, 0.3) is 5.91 Å². The van der Waals surface area contributed by atoms with Crippen LogP contribution in [0.3, 0.4) is 0 Å². The van der Waals surface area contributed by atoms with E-state index in [-0.39, 0.29) is 11.6 Å². The van der Waals surface area contributed by atoms with Crippen LogP contribution in [0.25, 0.3) is 0 Å². The Morgan fingerprint density at radius 2 is 2.06 bits per heavy atom. The Kier molecular flexibility index (Phi) is 5.54. The van der Waals surface area contributed by atoms with E-state index in [9.17, 15) is 13.6 Å². The summed E-state index contributed by atoms with van der Waals surface area (Å²) in [4.78, 5) is 13.7. The molecule has 0 saturated heterocycles. The fourth-order valence-electron chi connectivity index (χ4n) is 1.64. The molecule has 0 heterocycles. The SMILES string of the molecule is CC(C)N(CCCCl)C(=O)c1ccc(F)cc1F. The fraction of sp³-hybridized carbons (Fsp3) is 0.462. The maximum atomic E-state index is 13.5. The summed E-state index contributed by atoms with van der Waals surface area (Å²) < 4.78 is 26.3. The molecule has 0 aliphatic rings. The average Bonchev–Trinajstić information content (AvgIpc) is 2.28. The lowest BCUT2D eigenvalue weighted by Crippen LogP contribution is -2.38. The summed E-state index contributed by atoms with van der Waals surface area (Å²) in [5, 5.41) is 0. The highest BCUT2D eigenvalue weighted by atomic mass is 35.5. The van der Waals surface area contributed by atoms with Gasteiger partial charge in [-0.1, -0.05) is 0 Å². The van der Waals surface area contributed by atoms with Crippen molar-refractivity contribution in [3.05, 3.63) is 35.4 Å². The molecule has 1 rings (SSSR count). The zero-order valence-electron chi connectivity index (χ0n) is 10.4. The van der Waals surface area contributed by atoms with Crippen molar-refractivity contribution in [2.75, 3.05) is 12.4 Å². The topological polar surface area (TPSA) is 20.3 Å². The lowest BCUT2D eigenvalue weighted by Gasteiger charge is -2.26. The molecule has 0 aromatic heterocycles. The van der Waals surface area contributed by atoms with E-state index < -0.39 is 17.5 Å². The van der Waals surface area contributed by atoms with Gasteiger partial charge in [0.2, 0.25) is 0 Å². The second-order valence-electron chi connectivity index (χ2n) is 4.26. The summed E-state index contributed by atoms with van der Waals surface area (Å²) >= 11 is 5.59. The van der Waals surface area contributed by atoms with E-state index in [1.54, 1.807) is 0 Å². The quantitative estimate of drug-likeness (QED) is 0.754. The molecule has 0 unspecified atom stereocenters. The number of carbonyl (C=O) groups is 1. The first kappa shape index (κ1) is 14.9. The van der Waals surface area contributed by atoms with Gasteiger partial charge in [-0.25, -0.2) is 8.78 Å². The zero-order chi connectivity index (χ0) is 13.7. The van der Waals surface area contributed by atoms with Gasteiger partial charge in [0, 0.05) is 24.5 Å². The third-order valence-electron chi connectivity index (χ3n) is 2.58. The molecule has 1 aromatic carbocycles. The van der Waals surface area contributed by atoms with Crippen molar-refractivity contribution >= 4 is 17.5 Å². The van der Waals surface area contributed by atoms with Crippen LogP contribution in [0.1, 0.15) is 30.6 Å². The maximum Gasteiger partial charge on any atom is 0.257 e. The molecule has 1 amide bonds. The van der Waals surface area contributed by atoms with Gasteiger partial charge in [-0.05, 0) is 32.4 Å². The van der Waals surface area contributed by atoms with Crippen LogP contribution in [-0.4, -0.2) is 29.3 Å². The molecule has 1 aromatic rings. The Bertz CT molecular complexity index is 423. The van der Waals surface area contributed by atoms with Crippen LogP contribution in [0.15, 0.2) is 18.2 Å². The average molecular weight is 276 g/mol. The van der Waals surface area contributed by atoms with E-state index >= 15 is 0 Å². The van der Waals surface area contributed by atoms with Crippen molar-refractivity contribution in [3.63, 3.8) is 0 Å². The second-order valence-corrected chi connectivity index (χ2v) is 4.64. The Labute approximate surface area is 111 Å². The normalized spacial score (nSPS) is 10.8. The van der Waals surface area contributed by atoms with Crippen LogP contribution in [-0.2, 0) is 0 Å². The van der Waals surface area contributed by atoms with Gasteiger partial charge >= 0.3 is 0 Å². The molecule has 0 fully saturated rings. The third kappa shape index (κ3) is 3.67. The largest absolute Gasteiger partial charge is 0.336 e. The first-order valence-corrected chi connectivity index (χ1v) is 6.32. The Morgan fingerprint density at radius 1 is 1.39 bits per heavy atom. The van der Waals surface area contributed by atoms with Crippen molar-refractivity contribution in [2.45, 2.75) is 26.3 Å². The van der Waals surface area contributed by atoms with Crippen LogP contribution >= 0.6 is 11.6 Å². The number of hydrogen-bond donors (Lipinski definition) is 0. The number of carbonyl (C=O) groups excluding carboxylic acids is 1. The molecule has 0 aliphatic carbocycles. The molecular formula is C13H16ClF2NO. The first-order chi connectivity index (χ1) is 8.47. The zero-order valence-corrected chi connectivity index (χ0v) is 11.2. The first-order valence-electron chi connectivity index (χ1n) is 5.79. The van der Waals surface area contributed by atoms with Crippen molar-refractivity contribution in [1.82, 2.24) is 4.90 Å². The van der Waals surface area contributed by atoms with Crippen molar-refractivity contribution in [3.8, 4) is 0 Å². The molecule has 18 heavy (non-hydrogen) atoms. The van der Waals surface area contributed by atoms with Crippen LogP contribution in [0.5, 0.6) is 0 Å². The molecule has 0 radical (unpaired) electrons. The van der Waals surface area contributed by atoms with E-state index in [0.717, 1.165) is 6.07 Å². The van der Waals surface area contributed by atoms with Crippen LogP contribution in [0.2, 0.25) is 0 Å². The van der Waals surface area contributed by atoms with E-state index in [4.69, 9.17) is 11.6 Å². The highest BCUT2D eigenvalue weighted by molar-refractivity contribution is 6.17. The van der Waals surface area contributed by atoms with Crippen molar-refractivity contribution in [1.29, 1.82) is 0 Å². The van der Waals surface area contributed by atoms with Gasteiger partial charge in [-0.15, -0.1) is 11.6 Å². The molecule has 0 spiro atoms. The van der Waals surface area contributed by atoms with E-state index in [1.165, 1.54) is 11.0 Å². The molecule has 0 atom stereocenters. The van der Waals surface area contributed by atoms with Gasteiger partial charge in [0.15, 0.2) is 0 Å². The van der Waals surface area contributed by atoms with Gasteiger partial charge in [-0.3, -0.25) is 4.79 Å². The molecule has 0 N–H and O–H groups in total. The van der Waals surface area contributed by atoms with Crippen molar-refractivity contribution in [2.24, 2.45) is 0 Å². The summed E-state index contributed by atoms with van der Waals surface area (Å²) in [5.41, 5.74) is -0.111. The van der Waals surface area contributed by atoms with Gasteiger partial charge < -0.3 is 4.90 Å². The predicted molar refractivity (Wildman–Crippen MR) is 67.9 cm³/mol. The minimum absolute atomic E-state index is 0.0647. The summed E-state index contributed by atoms with van der Waals surface area (Å²) in [6, 6.07) is 2.90. The number of hydrogen-bond acceptors (Lipinski definition) is 1. The highest BCUT2D eigenvalue weighted by Gasteiger charge is 2.21. The van der Waals surface area contributed by atoms with Gasteiger partial charge in [-0.2, -0.15) is 0 Å².